The molecule has 31 heavy (non-hydrogen) atoms. The number of para-hydroxylation sites is 1. The van der Waals surface area contributed by atoms with E-state index in [1.807, 2.05) is 25.1 Å². The topological polar surface area (TPSA) is 49.8 Å². The maximum absolute atomic E-state index is 12.5. The van der Waals surface area contributed by atoms with E-state index in [4.69, 9.17) is 16.3 Å². The molecule has 1 N–H and O–H groups in total. The number of carbonyl (C=O) groups is 1. The van der Waals surface area contributed by atoms with Crippen LogP contribution in [0.3, 0.4) is 0 Å². The van der Waals surface area contributed by atoms with Crippen molar-refractivity contribution in [3.8, 4) is 5.75 Å². The van der Waals surface area contributed by atoms with Crippen LogP contribution < -0.4 is 0 Å². The molecule has 0 spiro atoms. The second kappa shape index (κ2) is 15.9. The predicted octanol–water partition coefficient (Wildman–Crippen LogP) is 6.84. The third kappa shape index (κ3) is 10.4. The minimum atomic E-state index is 0.0482. The Labute approximate surface area is 193 Å². The molecule has 0 unspecified atom stereocenters. The van der Waals surface area contributed by atoms with Crippen molar-refractivity contribution in [1.82, 2.24) is 4.90 Å². The number of phenolic OH excluding ortho intramolecular Hbond substituents is 1. The van der Waals surface area contributed by atoms with Gasteiger partial charge >= 0.3 is 0 Å². The van der Waals surface area contributed by atoms with E-state index in [1.54, 1.807) is 19.1 Å². The van der Waals surface area contributed by atoms with Gasteiger partial charge in [0.05, 0.1) is 6.10 Å². The number of phenols is 1. The lowest BCUT2D eigenvalue weighted by atomic mass is 10.0. The fraction of sp³-hybridized carbons (Fsp3) is 0.577. The molecule has 0 fully saturated rings. The van der Waals surface area contributed by atoms with Gasteiger partial charge in [0.1, 0.15) is 5.75 Å². The number of amides is 1. The van der Waals surface area contributed by atoms with Gasteiger partial charge in [-0.05, 0) is 37.3 Å². The first-order valence-electron chi connectivity index (χ1n) is 11.4. The van der Waals surface area contributed by atoms with Crippen molar-refractivity contribution >= 4 is 23.1 Å². The van der Waals surface area contributed by atoms with Gasteiger partial charge in [0.15, 0.2) is 0 Å². The van der Waals surface area contributed by atoms with Gasteiger partial charge in [-0.15, -0.1) is 0 Å². The van der Waals surface area contributed by atoms with Crippen LogP contribution in [0.5, 0.6) is 5.75 Å². The highest BCUT2D eigenvalue weighted by atomic mass is 35.5. The zero-order valence-electron chi connectivity index (χ0n) is 19.7. The van der Waals surface area contributed by atoms with Gasteiger partial charge in [-0.1, -0.05) is 81.0 Å². The van der Waals surface area contributed by atoms with Crippen molar-refractivity contribution in [2.24, 2.45) is 0 Å². The van der Waals surface area contributed by atoms with Crippen LogP contribution in [0.1, 0.15) is 75.8 Å². The molecular weight excluding hydrogens is 410 g/mol. The quantitative estimate of drug-likeness (QED) is 0.235. The van der Waals surface area contributed by atoms with Crippen LogP contribution in [0.2, 0.25) is 0 Å². The number of aryl methyl sites for hydroxylation is 1. The third-order valence-electron chi connectivity index (χ3n) is 5.60. The first-order valence-corrected chi connectivity index (χ1v) is 11.9. The van der Waals surface area contributed by atoms with E-state index in [2.05, 4.69) is 19.1 Å². The molecule has 0 saturated carbocycles. The molecule has 0 bridgehead atoms. The van der Waals surface area contributed by atoms with Crippen LogP contribution in [0.4, 0.5) is 0 Å². The Morgan fingerprint density at radius 3 is 2.65 bits per heavy atom. The monoisotopic (exact) mass is 449 g/mol. The van der Waals surface area contributed by atoms with Crippen LogP contribution in [0.25, 0.3) is 5.57 Å². The Morgan fingerprint density at radius 1 is 1.23 bits per heavy atom. The van der Waals surface area contributed by atoms with Crippen LogP contribution in [0, 0.1) is 6.92 Å². The summed E-state index contributed by atoms with van der Waals surface area (Å²) < 4.78 is 5.57. The number of hydrogen-bond acceptors (Lipinski definition) is 3. The van der Waals surface area contributed by atoms with Crippen LogP contribution in [0.15, 0.2) is 35.9 Å². The molecule has 1 aromatic rings. The summed E-state index contributed by atoms with van der Waals surface area (Å²) in [6.45, 7) is 4.42. The number of halogens is 1. The molecule has 0 aliphatic carbocycles. The summed E-state index contributed by atoms with van der Waals surface area (Å²) in [6.07, 6.45) is 13.9. The number of ether oxygens (including phenoxy) is 1. The molecule has 0 aliphatic rings. The molecule has 5 heteroatoms. The van der Waals surface area contributed by atoms with E-state index in [0.29, 0.717) is 24.9 Å². The smallest absolute Gasteiger partial charge is 0.222 e. The van der Waals surface area contributed by atoms with E-state index < -0.39 is 0 Å². The predicted molar refractivity (Wildman–Crippen MR) is 131 cm³/mol. The number of benzene rings is 1. The minimum Gasteiger partial charge on any atom is -0.507 e. The van der Waals surface area contributed by atoms with Crippen molar-refractivity contribution in [2.45, 2.75) is 77.7 Å². The lowest BCUT2D eigenvalue weighted by Gasteiger charge is -2.20. The molecule has 0 aliphatic heterocycles. The lowest BCUT2D eigenvalue weighted by Crippen LogP contribution is -2.28. The Morgan fingerprint density at radius 2 is 1.97 bits per heavy atom. The van der Waals surface area contributed by atoms with Gasteiger partial charge in [-0.3, -0.25) is 4.79 Å². The standard InChI is InChI=1S/C26H40ClNO3/c1-5-6-7-8-10-15-23(31-4)16-11-9-12-18-25(29)28(3)20-22(19-27)24-17-13-14-21(2)26(24)30/h9,11,13-14,17,19,23,30H,5-8,10,12,15-16,18,20H2,1-4H3/b11-9+,22-19+/t23-/m0/s1. The third-order valence-corrected chi connectivity index (χ3v) is 5.87. The summed E-state index contributed by atoms with van der Waals surface area (Å²) in [5.74, 6) is 0.253. The normalized spacial score (nSPS) is 13.0. The van der Waals surface area contributed by atoms with Crippen molar-refractivity contribution < 1.29 is 14.6 Å². The van der Waals surface area contributed by atoms with Gasteiger partial charge in [-0.2, -0.15) is 0 Å². The highest BCUT2D eigenvalue weighted by molar-refractivity contribution is 6.28. The summed E-state index contributed by atoms with van der Waals surface area (Å²) in [5, 5.41) is 10.3. The number of unbranched alkanes of at least 4 members (excludes halogenated alkanes) is 4. The Bertz CT molecular complexity index is 715. The van der Waals surface area contributed by atoms with Crippen molar-refractivity contribution in [1.29, 1.82) is 0 Å². The number of carbonyl (C=O) groups excluding carboxylic acids is 1. The number of rotatable bonds is 15. The largest absolute Gasteiger partial charge is 0.507 e. The minimum absolute atomic E-state index is 0.0482. The average molecular weight is 450 g/mol. The van der Waals surface area contributed by atoms with Gasteiger partial charge in [0.2, 0.25) is 5.91 Å². The number of aromatic hydroxyl groups is 1. The zero-order valence-corrected chi connectivity index (χ0v) is 20.5. The maximum Gasteiger partial charge on any atom is 0.222 e. The molecule has 4 nitrogen and oxygen atoms in total. The number of hydrogen-bond donors (Lipinski definition) is 1. The maximum atomic E-state index is 12.5. The molecule has 174 valence electrons. The van der Waals surface area contributed by atoms with E-state index in [9.17, 15) is 9.90 Å². The Balaban J connectivity index is 2.39. The number of allylic oxidation sites excluding steroid dienone is 1. The zero-order chi connectivity index (χ0) is 23.1. The molecular formula is C26H40ClNO3. The molecule has 0 aromatic heterocycles. The van der Waals surface area contributed by atoms with E-state index in [-0.39, 0.29) is 17.8 Å². The number of methoxy groups -OCH3 is 1. The van der Waals surface area contributed by atoms with Crippen LogP contribution in [-0.4, -0.2) is 42.7 Å². The first-order chi connectivity index (χ1) is 14.9. The lowest BCUT2D eigenvalue weighted by molar-refractivity contribution is -0.129. The van der Waals surface area contributed by atoms with Crippen molar-refractivity contribution in [3.05, 3.63) is 47.0 Å². The van der Waals surface area contributed by atoms with Crippen molar-refractivity contribution in [3.63, 3.8) is 0 Å². The molecule has 0 saturated heterocycles. The van der Waals surface area contributed by atoms with Gasteiger partial charge < -0.3 is 14.7 Å². The van der Waals surface area contributed by atoms with E-state index in [0.717, 1.165) is 24.0 Å². The highest BCUT2D eigenvalue weighted by Gasteiger charge is 2.14. The summed E-state index contributed by atoms with van der Waals surface area (Å²) in [7, 11) is 3.54. The van der Waals surface area contributed by atoms with Gasteiger partial charge in [0.25, 0.3) is 0 Å². The molecule has 1 aromatic carbocycles. The molecule has 0 radical (unpaired) electrons. The summed E-state index contributed by atoms with van der Waals surface area (Å²) in [6, 6.07) is 5.52. The fourth-order valence-corrected chi connectivity index (χ4v) is 3.70. The van der Waals surface area contributed by atoms with Crippen LogP contribution in [-0.2, 0) is 9.53 Å². The summed E-state index contributed by atoms with van der Waals surface area (Å²) >= 11 is 5.99. The highest BCUT2D eigenvalue weighted by Crippen LogP contribution is 2.29. The van der Waals surface area contributed by atoms with Gasteiger partial charge in [0, 0.05) is 38.2 Å². The fourth-order valence-electron chi connectivity index (χ4n) is 3.51. The summed E-state index contributed by atoms with van der Waals surface area (Å²) in [4.78, 5) is 14.1. The molecule has 1 atom stereocenters. The molecule has 1 amide bonds. The number of likely N-dealkylation sites (N-methyl/N-ethyl adjacent to an activating group) is 1. The van der Waals surface area contributed by atoms with Crippen LogP contribution >= 0.6 is 11.6 Å². The van der Waals surface area contributed by atoms with E-state index in [1.165, 1.54) is 37.6 Å². The SMILES string of the molecule is CCCCCCC[C@@H](C/C=C/CCC(=O)N(C)C/C(=C\Cl)c1cccc(C)c1O)OC. The second-order valence-corrected chi connectivity index (χ2v) is 8.38. The average Bonchev–Trinajstić information content (AvgIpc) is 2.77. The molecule has 0 heterocycles. The first kappa shape index (κ1) is 27.3. The second-order valence-electron chi connectivity index (χ2n) is 8.16. The Hall–Kier alpha value is -1.78. The number of nitrogens with zero attached hydrogens (tertiary/aromatic N) is 1. The van der Waals surface area contributed by atoms with Crippen molar-refractivity contribution in [2.75, 3.05) is 20.7 Å². The molecule has 1 rings (SSSR count). The van der Waals surface area contributed by atoms with E-state index >= 15 is 0 Å². The summed E-state index contributed by atoms with van der Waals surface area (Å²) in [5.41, 5.74) is 3.60. The Kier molecular flexibility index (Phi) is 14.0. The van der Waals surface area contributed by atoms with Gasteiger partial charge in [-0.25, -0.2) is 0 Å².